The number of unbranched alkanes of at least 4 members (excludes halogenated alkanes) is 2. The highest BCUT2D eigenvalue weighted by Gasteiger charge is 2.26. The molecule has 3 rings (SSSR count). The van der Waals surface area contributed by atoms with Gasteiger partial charge >= 0.3 is 6.03 Å². The van der Waals surface area contributed by atoms with E-state index in [1.54, 1.807) is 16.8 Å². The van der Waals surface area contributed by atoms with E-state index in [0.29, 0.717) is 30.9 Å². The fourth-order valence-electron chi connectivity index (χ4n) is 2.51. The van der Waals surface area contributed by atoms with E-state index in [1.165, 1.54) is 4.90 Å². The summed E-state index contributed by atoms with van der Waals surface area (Å²) in [4.78, 5) is 39.4. The summed E-state index contributed by atoms with van der Waals surface area (Å²) in [6.45, 7) is 0.320. The first-order chi connectivity index (χ1) is 11.7. The first kappa shape index (κ1) is 15.7. The number of amides is 3. The number of carbonyl (C=O) groups is 3. The van der Waals surface area contributed by atoms with Crippen molar-refractivity contribution in [1.29, 1.82) is 0 Å². The smallest absolute Gasteiger partial charge is 0.303 e. The average Bonchev–Trinajstić information content (AvgIpc) is 2.99. The van der Waals surface area contributed by atoms with Gasteiger partial charge in [0, 0.05) is 32.0 Å². The van der Waals surface area contributed by atoms with E-state index in [9.17, 15) is 14.4 Å². The second kappa shape index (κ2) is 6.96. The van der Waals surface area contributed by atoms with Crippen molar-refractivity contribution in [1.82, 2.24) is 14.7 Å². The highest BCUT2D eigenvalue weighted by Crippen LogP contribution is 2.20. The number of imidazole rings is 1. The van der Waals surface area contributed by atoms with Crippen LogP contribution in [-0.2, 0) is 9.59 Å². The van der Waals surface area contributed by atoms with Crippen LogP contribution in [0.1, 0.15) is 31.2 Å². The molecule has 3 heterocycles. The Bertz CT molecular complexity index is 860. The summed E-state index contributed by atoms with van der Waals surface area (Å²) in [5, 5.41) is 2.30. The van der Waals surface area contributed by atoms with Crippen LogP contribution < -0.4 is 10.2 Å². The van der Waals surface area contributed by atoms with Crippen molar-refractivity contribution in [2.24, 2.45) is 0 Å². The molecule has 24 heavy (non-hydrogen) atoms. The third-order valence-electron chi connectivity index (χ3n) is 3.69. The lowest BCUT2D eigenvalue weighted by molar-refractivity contribution is -0.120. The van der Waals surface area contributed by atoms with E-state index in [1.807, 2.05) is 12.1 Å². The van der Waals surface area contributed by atoms with Gasteiger partial charge in [0.25, 0.3) is 0 Å². The molecule has 0 atom stereocenters. The number of urea groups is 1. The SMILES string of the molecule is O=CCCCC#Cc1cccn2c(N3CCC(=O)NC3=O)cnc12. The Morgan fingerprint density at radius 3 is 3.04 bits per heavy atom. The van der Waals surface area contributed by atoms with E-state index < -0.39 is 6.03 Å². The molecule has 1 saturated heterocycles. The number of nitrogens with zero attached hydrogens (tertiary/aromatic N) is 3. The van der Waals surface area contributed by atoms with Gasteiger partial charge in [0.1, 0.15) is 12.1 Å². The number of carbonyl (C=O) groups excluding carboxylic acids is 3. The maximum Gasteiger partial charge on any atom is 0.329 e. The van der Waals surface area contributed by atoms with Gasteiger partial charge in [0.15, 0.2) is 5.65 Å². The number of hydrogen-bond donors (Lipinski definition) is 1. The van der Waals surface area contributed by atoms with Gasteiger partial charge in [-0.3, -0.25) is 19.4 Å². The Kier molecular flexibility index (Phi) is 4.57. The monoisotopic (exact) mass is 324 g/mol. The first-order valence-electron chi connectivity index (χ1n) is 7.70. The molecule has 1 fully saturated rings. The molecule has 1 N–H and O–H groups in total. The van der Waals surface area contributed by atoms with Crippen molar-refractivity contribution < 1.29 is 14.4 Å². The molecule has 3 amide bonds. The standard InChI is InChI=1S/C17H16N4O3/c22-11-4-2-1-3-6-13-7-5-9-20-15(12-18-16(13)20)21-10-8-14(23)19-17(21)24/h5,7,9,11-12H,1-2,4,8,10H2,(H,19,23,24). The normalized spacial score (nSPS) is 14.2. The predicted molar refractivity (Wildman–Crippen MR) is 87.5 cm³/mol. The second-order valence-corrected chi connectivity index (χ2v) is 5.35. The number of nitrogens with one attached hydrogen (secondary N) is 1. The largest absolute Gasteiger partial charge is 0.329 e. The lowest BCUT2D eigenvalue weighted by Crippen LogP contribution is -2.50. The van der Waals surface area contributed by atoms with E-state index in [-0.39, 0.29) is 12.3 Å². The molecule has 0 spiro atoms. The van der Waals surface area contributed by atoms with E-state index in [2.05, 4.69) is 22.1 Å². The molecule has 1 aliphatic rings. The summed E-state index contributed by atoms with van der Waals surface area (Å²) >= 11 is 0. The summed E-state index contributed by atoms with van der Waals surface area (Å²) in [5.41, 5.74) is 1.41. The fraction of sp³-hybridized carbons (Fsp3) is 0.294. The minimum atomic E-state index is -0.446. The maximum atomic E-state index is 12.0. The molecule has 0 saturated carbocycles. The maximum absolute atomic E-state index is 12.0. The van der Waals surface area contributed by atoms with Crippen LogP contribution in [0.2, 0.25) is 0 Å². The first-order valence-corrected chi connectivity index (χ1v) is 7.70. The van der Waals surface area contributed by atoms with Crippen LogP contribution in [0.5, 0.6) is 0 Å². The summed E-state index contributed by atoms with van der Waals surface area (Å²) in [7, 11) is 0. The average molecular weight is 324 g/mol. The number of imide groups is 1. The second-order valence-electron chi connectivity index (χ2n) is 5.35. The minimum absolute atomic E-state index is 0.259. The molecule has 122 valence electrons. The van der Waals surface area contributed by atoms with Gasteiger partial charge < -0.3 is 4.79 Å². The van der Waals surface area contributed by atoms with Gasteiger partial charge in [-0.2, -0.15) is 0 Å². The number of fused-ring (bicyclic) bond motifs is 1. The summed E-state index contributed by atoms with van der Waals surface area (Å²) in [6.07, 6.45) is 6.44. The summed E-state index contributed by atoms with van der Waals surface area (Å²) < 4.78 is 1.78. The summed E-state index contributed by atoms with van der Waals surface area (Å²) in [5.74, 6) is 6.42. The molecule has 0 aromatic carbocycles. The molecular weight excluding hydrogens is 308 g/mol. The van der Waals surface area contributed by atoms with Crippen LogP contribution in [0.15, 0.2) is 24.5 Å². The van der Waals surface area contributed by atoms with Gasteiger partial charge in [-0.15, -0.1) is 0 Å². The number of rotatable bonds is 4. The topological polar surface area (TPSA) is 83.8 Å². The van der Waals surface area contributed by atoms with E-state index in [4.69, 9.17) is 0 Å². The zero-order chi connectivity index (χ0) is 16.9. The van der Waals surface area contributed by atoms with Crippen LogP contribution >= 0.6 is 0 Å². The van der Waals surface area contributed by atoms with Crippen LogP contribution in [-0.4, -0.2) is 34.2 Å². The van der Waals surface area contributed by atoms with Crippen LogP contribution in [0.4, 0.5) is 10.6 Å². The van der Waals surface area contributed by atoms with Crippen LogP contribution in [0.3, 0.4) is 0 Å². The number of anilines is 1. The van der Waals surface area contributed by atoms with E-state index in [0.717, 1.165) is 18.3 Å². The lowest BCUT2D eigenvalue weighted by atomic mass is 10.2. The zero-order valence-electron chi connectivity index (χ0n) is 13.0. The molecule has 0 unspecified atom stereocenters. The third kappa shape index (κ3) is 3.13. The van der Waals surface area contributed by atoms with Gasteiger partial charge in [0.05, 0.1) is 11.8 Å². The van der Waals surface area contributed by atoms with Crippen LogP contribution in [0, 0.1) is 11.8 Å². The Balaban J connectivity index is 1.88. The molecule has 0 aliphatic carbocycles. The van der Waals surface area contributed by atoms with Crippen molar-refractivity contribution in [3.63, 3.8) is 0 Å². The highest BCUT2D eigenvalue weighted by molar-refractivity contribution is 6.05. The Morgan fingerprint density at radius 1 is 1.38 bits per heavy atom. The number of pyridine rings is 1. The molecule has 0 bridgehead atoms. The Morgan fingerprint density at radius 2 is 2.25 bits per heavy atom. The van der Waals surface area contributed by atoms with Gasteiger partial charge in [-0.25, -0.2) is 9.78 Å². The lowest BCUT2D eigenvalue weighted by Gasteiger charge is -2.25. The number of aldehydes is 1. The van der Waals surface area contributed by atoms with Crippen molar-refractivity contribution in [2.45, 2.75) is 25.7 Å². The van der Waals surface area contributed by atoms with Crippen molar-refractivity contribution in [3.05, 3.63) is 30.1 Å². The van der Waals surface area contributed by atoms with Crippen molar-refractivity contribution >= 4 is 29.7 Å². The van der Waals surface area contributed by atoms with Crippen molar-refractivity contribution in [2.75, 3.05) is 11.4 Å². The molecule has 7 nitrogen and oxygen atoms in total. The van der Waals surface area contributed by atoms with Gasteiger partial charge in [-0.05, 0) is 18.6 Å². The molecule has 0 radical (unpaired) electrons. The van der Waals surface area contributed by atoms with Gasteiger partial charge in [0.2, 0.25) is 5.91 Å². The molecular formula is C17H16N4O3. The zero-order valence-corrected chi connectivity index (χ0v) is 13.0. The Hall–Kier alpha value is -3.14. The van der Waals surface area contributed by atoms with Crippen molar-refractivity contribution in [3.8, 4) is 11.8 Å². The fourth-order valence-corrected chi connectivity index (χ4v) is 2.51. The van der Waals surface area contributed by atoms with Gasteiger partial charge in [-0.1, -0.05) is 11.8 Å². The Labute approximate surface area is 138 Å². The molecule has 2 aromatic rings. The predicted octanol–water partition coefficient (Wildman–Crippen LogP) is 1.50. The summed E-state index contributed by atoms with van der Waals surface area (Å²) in [6, 6.07) is 3.25. The minimum Gasteiger partial charge on any atom is -0.303 e. The molecule has 2 aromatic heterocycles. The molecule has 7 heteroatoms. The third-order valence-corrected chi connectivity index (χ3v) is 3.69. The number of hydrogen-bond acceptors (Lipinski definition) is 4. The quantitative estimate of drug-likeness (QED) is 0.525. The molecule has 1 aliphatic heterocycles. The number of aromatic nitrogens is 2. The van der Waals surface area contributed by atoms with E-state index >= 15 is 0 Å². The highest BCUT2D eigenvalue weighted by atomic mass is 16.2. The van der Waals surface area contributed by atoms with Crippen LogP contribution in [0.25, 0.3) is 5.65 Å².